The molecule has 2 heterocycles. The van der Waals surface area contributed by atoms with Gasteiger partial charge in [-0.1, -0.05) is 29.8 Å². The molecule has 0 spiro atoms. The van der Waals surface area contributed by atoms with Gasteiger partial charge in [-0.05, 0) is 53.6 Å². The molecule has 0 N–H and O–H groups in total. The topological polar surface area (TPSA) is 79.8 Å². The molecule has 1 aliphatic heterocycles. The first-order valence-electron chi connectivity index (χ1n) is 10.4. The van der Waals surface area contributed by atoms with Crippen molar-refractivity contribution >= 4 is 35.0 Å². The molecule has 1 atom stereocenters. The van der Waals surface area contributed by atoms with E-state index in [1.54, 1.807) is 74.1 Å². The van der Waals surface area contributed by atoms with Gasteiger partial charge in [-0.25, -0.2) is 4.90 Å². The summed E-state index contributed by atoms with van der Waals surface area (Å²) in [5.74, 6) is -0.432. The highest BCUT2D eigenvalue weighted by molar-refractivity contribution is 6.30. The third kappa shape index (κ3) is 5.04. The number of anilines is 1. The molecule has 2 aromatic carbocycles. The maximum atomic E-state index is 13.4. The van der Waals surface area contributed by atoms with Crippen molar-refractivity contribution in [3.8, 4) is 5.75 Å². The van der Waals surface area contributed by atoms with Crippen molar-refractivity contribution in [2.45, 2.75) is 25.4 Å². The van der Waals surface area contributed by atoms with Crippen molar-refractivity contribution < 1.29 is 19.1 Å². The quantitative estimate of drug-likeness (QED) is 0.500. The maximum Gasteiger partial charge on any atom is 0.257 e. The zero-order valence-electron chi connectivity index (χ0n) is 18.0. The van der Waals surface area contributed by atoms with Crippen LogP contribution in [0.25, 0.3) is 0 Å². The minimum absolute atomic E-state index is 0.0813. The fourth-order valence-electron chi connectivity index (χ4n) is 3.80. The summed E-state index contributed by atoms with van der Waals surface area (Å²) in [6, 6.07) is 16.3. The normalized spacial score (nSPS) is 15.6. The van der Waals surface area contributed by atoms with Crippen molar-refractivity contribution in [1.29, 1.82) is 0 Å². The third-order valence-corrected chi connectivity index (χ3v) is 5.75. The fraction of sp³-hybridized carbons (Fsp3) is 0.200. The van der Waals surface area contributed by atoms with Gasteiger partial charge in [-0.3, -0.25) is 19.4 Å². The van der Waals surface area contributed by atoms with E-state index in [2.05, 4.69) is 4.98 Å². The Labute approximate surface area is 196 Å². The van der Waals surface area contributed by atoms with Crippen LogP contribution in [0.2, 0.25) is 5.02 Å². The zero-order chi connectivity index (χ0) is 23.4. The lowest BCUT2D eigenvalue weighted by atomic mass is 10.1. The van der Waals surface area contributed by atoms with Gasteiger partial charge in [-0.15, -0.1) is 0 Å². The van der Waals surface area contributed by atoms with Crippen molar-refractivity contribution in [3.63, 3.8) is 0 Å². The van der Waals surface area contributed by atoms with Crippen molar-refractivity contribution in [3.05, 3.63) is 89.2 Å². The number of hydrogen-bond donors (Lipinski definition) is 0. The van der Waals surface area contributed by atoms with E-state index >= 15 is 0 Å². The Morgan fingerprint density at radius 1 is 1.09 bits per heavy atom. The smallest absolute Gasteiger partial charge is 0.257 e. The lowest BCUT2D eigenvalue weighted by Gasteiger charge is -2.28. The second-order valence-corrected chi connectivity index (χ2v) is 8.11. The van der Waals surface area contributed by atoms with Gasteiger partial charge in [0.25, 0.3) is 5.91 Å². The second-order valence-electron chi connectivity index (χ2n) is 7.67. The summed E-state index contributed by atoms with van der Waals surface area (Å²) in [7, 11) is 1.54. The molecule has 1 unspecified atom stereocenters. The number of ether oxygens (including phenoxy) is 1. The Morgan fingerprint density at radius 3 is 2.45 bits per heavy atom. The Hall–Kier alpha value is -3.71. The van der Waals surface area contributed by atoms with E-state index in [1.807, 2.05) is 6.07 Å². The van der Waals surface area contributed by atoms with Crippen LogP contribution in [0.5, 0.6) is 5.75 Å². The van der Waals surface area contributed by atoms with Crippen LogP contribution in [0.1, 0.15) is 17.5 Å². The number of rotatable bonds is 7. The molecular weight excluding hydrogens is 442 g/mol. The average Bonchev–Trinajstić information content (AvgIpc) is 3.13. The molecule has 0 bridgehead atoms. The van der Waals surface area contributed by atoms with Gasteiger partial charge >= 0.3 is 0 Å². The number of imide groups is 1. The molecule has 0 aliphatic carbocycles. The van der Waals surface area contributed by atoms with Crippen LogP contribution in [0.15, 0.2) is 73.1 Å². The predicted molar refractivity (Wildman–Crippen MR) is 124 cm³/mol. The van der Waals surface area contributed by atoms with E-state index < -0.39 is 11.9 Å². The number of carbonyl (C=O) groups is 3. The lowest BCUT2D eigenvalue weighted by Crippen LogP contribution is -2.45. The molecule has 1 aromatic heterocycles. The van der Waals surface area contributed by atoms with Gasteiger partial charge in [-0.2, -0.15) is 0 Å². The fourth-order valence-corrected chi connectivity index (χ4v) is 3.93. The number of methoxy groups -OCH3 is 1. The number of halogens is 1. The predicted octanol–water partition coefficient (Wildman–Crippen LogP) is 3.65. The summed E-state index contributed by atoms with van der Waals surface area (Å²) < 4.78 is 5.15. The highest BCUT2D eigenvalue weighted by Gasteiger charge is 2.44. The Morgan fingerprint density at radius 2 is 1.82 bits per heavy atom. The Bertz CT molecular complexity index is 1150. The molecule has 1 saturated heterocycles. The lowest BCUT2D eigenvalue weighted by molar-refractivity contribution is -0.138. The molecular formula is C25H22ClN3O4. The summed E-state index contributed by atoms with van der Waals surface area (Å²) in [6.07, 6.45) is 3.28. The standard InChI is InChI=1S/C25H22ClN3O4/c1-33-21-10-8-20(9-11-21)29-24(31)14-22(25(29)32)28(16-18-3-2-12-27-15-18)23(30)13-17-4-6-19(26)7-5-17/h2-12,15,22H,13-14,16H2,1H3. The van der Waals surface area contributed by atoms with Gasteiger partial charge in [0.15, 0.2) is 0 Å². The summed E-state index contributed by atoms with van der Waals surface area (Å²) in [5.41, 5.74) is 1.98. The van der Waals surface area contributed by atoms with E-state index in [1.165, 1.54) is 4.90 Å². The molecule has 3 amide bonds. The van der Waals surface area contributed by atoms with Crippen LogP contribution in [0.4, 0.5) is 5.69 Å². The summed E-state index contributed by atoms with van der Waals surface area (Å²) in [5, 5.41) is 0.574. The number of pyridine rings is 1. The van der Waals surface area contributed by atoms with Crippen LogP contribution in [0.3, 0.4) is 0 Å². The second kappa shape index (κ2) is 9.83. The number of carbonyl (C=O) groups excluding carboxylic acids is 3. The molecule has 1 aliphatic rings. The minimum Gasteiger partial charge on any atom is -0.497 e. The number of aromatic nitrogens is 1. The van der Waals surface area contributed by atoms with Crippen LogP contribution in [-0.2, 0) is 27.3 Å². The first-order chi connectivity index (χ1) is 16.0. The molecule has 0 saturated carbocycles. The van der Waals surface area contributed by atoms with Crippen molar-refractivity contribution in [1.82, 2.24) is 9.88 Å². The maximum absolute atomic E-state index is 13.4. The Balaban J connectivity index is 1.61. The molecule has 0 radical (unpaired) electrons. The number of benzene rings is 2. The third-order valence-electron chi connectivity index (χ3n) is 5.49. The molecule has 1 fully saturated rings. The zero-order valence-corrected chi connectivity index (χ0v) is 18.7. The SMILES string of the molecule is COc1ccc(N2C(=O)CC(N(Cc3cccnc3)C(=O)Cc3ccc(Cl)cc3)C2=O)cc1. The molecule has 33 heavy (non-hydrogen) atoms. The van der Waals surface area contributed by atoms with Crippen LogP contribution in [0, 0.1) is 0 Å². The van der Waals surface area contributed by atoms with E-state index in [0.29, 0.717) is 16.5 Å². The van der Waals surface area contributed by atoms with Crippen LogP contribution >= 0.6 is 11.6 Å². The van der Waals surface area contributed by atoms with E-state index in [-0.39, 0.29) is 31.2 Å². The van der Waals surface area contributed by atoms with E-state index in [4.69, 9.17) is 16.3 Å². The van der Waals surface area contributed by atoms with Gasteiger partial charge in [0, 0.05) is 24.0 Å². The Kier molecular flexibility index (Phi) is 6.70. The largest absolute Gasteiger partial charge is 0.497 e. The molecule has 7 nitrogen and oxygen atoms in total. The van der Waals surface area contributed by atoms with E-state index in [9.17, 15) is 14.4 Å². The molecule has 3 aromatic rings. The molecule has 8 heteroatoms. The first kappa shape index (κ1) is 22.5. The summed E-state index contributed by atoms with van der Waals surface area (Å²) in [4.78, 5) is 46.2. The highest BCUT2D eigenvalue weighted by Crippen LogP contribution is 2.28. The van der Waals surface area contributed by atoms with Gasteiger partial charge in [0.1, 0.15) is 11.8 Å². The minimum atomic E-state index is -0.903. The van der Waals surface area contributed by atoms with Gasteiger partial charge < -0.3 is 9.64 Å². The van der Waals surface area contributed by atoms with Crippen LogP contribution < -0.4 is 9.64 Å². The first-order valence-corrected chi connectivity index (χ1v) is 10.8. The average molecular weight is 464 g/mol. The summed E-state index contributed by atoms with van der Waals surface area (Å²) >= 11 is 5.95. The van der Waals surface area contributed by atoms with Gasteiger partial charge in [0.05, 0.1) is 25.6 Å². The monoisotopic (exact) mass is 463 g/mol. The van der Waals surface area contributed by atoms with E-state index in [0.717, 1.165) is 16.0 Å². The van der Waals surface area contributed by atoms with Crippen LogP contribution in [-0.4, -0.2) is 40.8 Å². The summed E-state index contributed by atoms with van der Waals surface area (Å²) in [6.45, 7) is 0.167. The molecule has 4 rings (SSSR count). The number of hydrogen-bond acceptors (Lipinski definition) is 5. The highest BCUT2D eigenvalue weighted by atomic mass is 35.5. The van der Waals surface area contributed by atoms with Gasteiger partial charge in [0.2, 0.25) is 11.8 Å². The number of amides is 3. The molecule has 168 valence electrons. The van der Waals surface area contributed by atoms with Crippen molar-refractivity contribution in [2.24, 2.45) is 0 Å². The number of nitrogens with zero attached hydrogens (tertiary/aromatic N) is 3. The van der Waals surface area contributed by atoms with Crippen molar-refractivity contribution in [2.75, 3.05) is 12.0 Å².